The van der Waals surface area contributed by atoms with Crippen molar-refractivity contribution in [2.24, 2.45) is 0 Å². The Morgan fingerprint density at radius 2 is 2.12 bits per heavy atom. The Morgan fingerprint density at radius 3 is 2.77 bits per heavy atom. The number of sulfonamides is 1. The smallest absolute Gasteiger partial charge is 0.248 e. The normalized spacial score (nSPS) is 22.7. The topological polar surface area (TPSA) is 102 Å². The minimum atomic E-state index is -3.80. The molecule has 2 aromatic rings. The summed E-state index contributed by atoms with van der Waals surface area (Å²) < 4.78 is 37.8. The first-order valence-corrected chi connectivity index (χ1v) is 9.66. The van der Waals surface area contributed by atoms with Gasteiger partial charge in [-0.25, -0.2) is 8.42 Å². The molecule has 0 bridgehead atoms. The molecule has 0 saturated carbocycles. The van der Waals surface area contributed by atoms with Gasteiger partial charge in [0.1, 0.15) is 16.3 Å². The van der Waals surface area contributed by atoms with Gasteiger partial charge in [0.15, 0.2) is 5.76 Å². The van der Waals surface area contributed by atoms with Crippen LogP contribution in [-0.4, -0.2) is 44.0 Å². The lowest BCUT2D eigenvalue weighted by Crippen LogP contribution is -2.39. The third kappa shape index (κ3) is 2.20. The van der Waals surface area contributed by atoms with Crippen molar-refractivity contribution in [3.8, 4) is 5.75 Å². The monoisotopic (exact) mass is 377 g/mol. The highest BCUT2D eigenvalue weighted by atomic mass is 32.2. The van der Waals surface area contributed by atoms with E-state index in [-0.39, 0.29) is 29.7 Å². The summed E-state index contributed by atoms with van der Waals surface area (Å²) in [5, 5.41) is 6.60. The largest absolute Gasteiger partial charge is 0.497 e. The summed E-state index contributed by atoms with van der Waals surface area (Å²) in [5.74, 6) is 0.699. The van der Waals surface area contributed by atoms with Crippen LogP contribution in [0.5, 0.6) is 5.75 Å². The van der Waals surface area contributed by atoms with Crippen LogP contribution in [-0.2, 0) is 20.2 Å². The fourth-order valence-electron chi connectivity index (χ4n) is 3.88. The molecule has 26 heavy (non-hydrogen) atoms. The average molecular weight is 377 g/mol. The van der Waals surface area contributed by atoms with Crippen molar-refractivity contribution >= 4 is 21.6 Å². The van der Waals surface area contributed by atoms with E-state index in [4.69, 9.17) is 9.26 Å². The molecule has 0 unspecified atom stereocenters. The van der Waals surface area contributed by atoms with Crippen LogP contribution in [0, 0.1) is 13.8 Å². The van der Waals surface area contributed by atoms with Crippen molar-refractivity contribution in [2.75, 3.05) is 25.5 Å². The quantitative estimate of drug-likeness (QED) is 0.871. The Bertz CT molecular complexity index is 994. The molecule has 1 saturated heterocycles. The summed E-state index contributed by atoms with van der Waals surface area (Å²) in [6.07, 6.45) is 0.404. The van der Waals surface area contributed by atoms with Gasteiger partial charge in [-0.15, -0.1) is 0 Å². The SMILES string of the molecule is COc1ccc2c(c1)[C@@]1(CCN(S(=O)(=O)c3c(C)noc3C)C1)C(=O)N2. The summed E-state index contributed by atoms with van der Waals surface area (Å²) in [6.45, 7) is 3.49. The Kier molecular flexibility index (Phi) is 3.64. The van der Waals surface area contributed by atoms with E-state index in [9.17, 15) is 13.2 Å². The summed E-state index contributed by atoms with van der Waals surface area (Å²) >= 11 is 0. The highest BCUT2D eigenvalue weighted by molar-refractivity contribution is 7.89. The second kappa shape index (κ2) is 5.55. The number of anilines is 1. The second-order valence-corrected chi connectivity index (χ2v) is 8.56. The first-order valence-electron chi connectivity index (χ1n) is 8.22. The predicted molar refractivity (Wildman–Crippen MR) is 92.7 cm³/mol. The van der Waals surface area contributed by atoms with E-state index in [1.165, 1.54) is 4.31 Å². The Morgan fingerprint density at radius 1 is 1.35 bits per heavy atom. The zero-order chi connectivity index (χ0) is 18.7. The van der Waals surface area contributed by atoms with Crippen LogP contribution < -0.4 is 10.1 Å². The lowest BCUT2D eigenvalue weighted by Gasteiger charge is -2.22. The molecule has 1 aromatic carbocycles. The van der Waals surface area contributed by atoms with Gasteiger partial charge in [-0.3, -0.25) is 4.79 Å². The number of ether oxygens (including phenoxy) is 1. The van der Waals surface area contributed by atoms with Crippen LogP contribution in [0.15, 0.2) is 27.6 Å². The van der Waals surface area contributed by atoms with Crippen LogP contribution >= 0.6 is 0 Å². The van der Waals surface area contributed by atoms with Crippen molar-refractivity contribution in [1.29, 1.82) is 0 Å². The molecule has 1 fully saturated rings. The minimum Gasteiger partial charge on any atom is -0.497 e. The average Bonchev–Trinajstić information content (AvgIpc) is 3.27. The van der Waals surface area contributed by atoms with E-state index in [0.29, 0.717) is 23.6 Å². The van der Waals surface area contributed by atoms with E-state index >= 15 is 0 Å². The van der Waals surface area contributed by atoms with Gasteiger partial charge in [-0.05, 0) is 44.0 Å². The van der Waals surface area contributed by atoms with E-state index in [1.807, 2.05) is 0 Å². The Balaban J connectivity index is 1.75. The maximum absolute atomic E-state index is 13.1. The van der Waals surface area contributed by atoms with E-state index < -0.39 is 15.4 Å². The number of aryl methyl sites for hydroxylation is 2. The molecule has 0 radical (unpaired) electrons. The van der Waals surface area contributed by atoms with Gasteiger partial charge in [0.25, 0.3) is 0 Å². The number of methoxy groups -OCH3 is 1. The minimum absolute atomic E-state index is 0.0748. The van der Waals surface area contributed by atoms with E-state index in [0.717, 1.165) is 5.56 Å². The summed E-state index contributed by atoms with van der Waals surface area (Å²) in [4.78, 5) is 12.8. The molecule has 4 rings (SSSR count). The van der Waals surface area contributed by atoms with Gasteiger partial charge in [0, 0.05) is 18.8 Å². The van der Waals surface area contributed by atoms with Gasteiger partial charge in [0.05, 0.1) is 12.5 Å². The highest BCUT2D eigenvalue weighted by Crippen LogP contribution is 2.46. The van der Waals surface area contributed by atoms with Crippen LogP contribution in [0.3, 0.4) is 0 Å². The van der Waals surface area contributed by atoms with E-state index in [1.54, 1.807) is 39.2 Å². The lowest BCUT2D eigenvalue weighted by molar-refractivity contribution is -0.120. The van der Waals surface area contributed by atoms with Crippen molar-refractivity contribution in [3.63, 3.8) is 0 Å². The van der Waals surface area contributed by atoms with Gasteiger partial charge < -0.3 is 14.6 Å². The molecule has 0 aliphatic carbocycles. The number of aromatic nitrogens is 1. The van der Waals surface area contributed by atoms with Gasteiger partial charge in [-0.2, -0.15) is 4.31 Å². The molecule has 2 aliphatic heterocycles. The molecule has 1 amide bonds. The fourth-order valence-corrected chi connectivity index (χ4v) is 5.67. The van der Waals surface area contributed by atoms with Crippen molar-refractivity contribution < 1.29 is 22.5 Å². The molecular weight excluding hydrogens is 358 g/mol. The Labute approximate surface area is 151 Å². The molecule has 1 N–H and O–H groups in total. The third-order valence-corrected chi connectivity index (χ3v) is 7.32. The molecular formula is C17H19N3O5S. The highest BCUT2D eigenvalue weighted by Gasteiger charge is 2.54. The van der Waals surface area contributed by atoms with Crippen LogP contribution in [0.2, 0.25) is 0 Å². The molecule has 9 heteroatoms. The number of amides is 1. The molecule has 1 spiro atoms. The van der Waals surface area contributed by atoms with Crippen LogP contribution in [0.1, 0.15) is 23.4 Å². The number of rotatable bonds is 3. The van der Waals surface area contributed by atoms with Gasteiger partial charge in [-0.1, -0.05) is 5.16 Å². The molecule has 1 aromatic heterocycles. The maximum atomic E-state index is 13.1. The lowest BCUT2D eigenvalue weighted by atomic mass is 9.81. The third-order valence-electron chi connectivity index (χ3n) is 5.23. The number of hydrogen-bond acceptors (Lipinski definition) is 6. The number of benzene rings is 1. The number of fused-ring (bicyclic) bond motifs is 2. The number of nitrogens with one attached hydrogen (secondary N) is 1. The standard InChI is InChI=1S/C17H19N3O5S/c1-10-15(11(2)25-19-10)26(22,23)20-7-6-17(9-20)13-8-12(24-3)4-5-14(13)18-16(17)21/h4-5,8H,6-7,9H2,1-3H3,(H,18,21)/t17-/m0/s1. The first kappa shape index (κ1) is 17.0. The predicted octanol–water partition coefficient (Wildman–Crippen LogP) is 1.58. The molecule has 138 valence electrons. The molecule has 2 aliphatic rings. The first-order chi connectivity index (χ1) is 12.3. The summed E-state index contributed by atoms with van der Waals surface area (Å²) in [5.41, 5.74) is 0.891. The molecule has 3 heterocycles. The number of carbonyl (C=O) groups is 1. The Hall–Kier alpha value is -2.39. The zero-order valence-electron chi connectivity index (χ0n) is 14.7. The maximum Gasteiger partial charge on any atom is 0.248 e. The fraction of sp³-hybridized carbons (Fsp3) is 0.412. The summed E-state index contributed by atoms with van der Waals surface area (Å²) in [6, 6.07) is 5.36. The van der Waals surface area contributed by atoms with Gasteiger partial charge in [0.2, 0.25) is 15.9 Å². The molecule has 1 atom stereocenters. The number of carbonyl (C=O) groups excluding carboxylic acids is 1. The summed E-state index contributed by atoms with van der Waals surface area (Å²) in [7, 11) is -2.24. The second-order valence-electron chi connectivity index (χ2n) is 6.69. The van der Waals surface area contributed by atoms with E-state index in [2.05, 4.69) is 10.5 Å². The van der Waals surface area contributed by atoms with Gasteiger partial charge >= 0.3 is 0 Å². The van der Waals surface area contributed by atoms with Crippen LogP contribution in [0.4, 0.5) is 5.69 Å². The van der Waals surface area contributed by atoms with Crippen molar-refractivity contribution in [1.82, 2.24) is 9.46 Å². The molecule has 8 nitrogen and oxygen atoms in total. The zero-order valence-corrected chi connectivity index (χ0v) is 15.5. The number of nitrogens with zero attached hydrogens (tertiary/aromatic N) is 2. The number of hydrogen-bond donors (Lipinski definition) is 1. The van der Waals surface area contributed by atoms with Crippen molar-refractivity contribution in [2.45, 2.75) is 30.6 Å². The van der Waals surface area contributed by atoms with Crippen molar-refractivity contribution in [3.05, 3.63) is 35.2 Å². The van der Waals surface area contributed by atoms with Crippen LogP contribution in [0.25, 0.3) is 0 Å².